The number of hydrogen-bond donors (Lipinski definition) is 0. The molecule has 3 aliphatic rings. The van der Waals surface area contributed by atoms with Crippen LogP contribution < -0.4 is 0 Å². The van der Waals surface area contributed by atoms with Gasteiger partial charge in [0.1, 0.15) is 5.78 Å². The van der Waals surface area contributed by atoms with E-state index in [-0.39, 0.29) is 5.92 Å². The standard InChI is InChI=1S/C19H30N2.C14H19NO/c1-2-18-16-20(15-17-9-5-3-6-10-17)14-11-19(18)21-12-7-4-8-13-21;1-2-13-11-15(9-8-14(13)16)10-12-6-4-3-5-7-12/h3,5-6,9-10,18-19H,2,4,7-8,11-16H2,1H3;3-7,13H,2,8-11H2,1H3. The van der Waals surface area contributed by atoms with Crippen LogP contribution >= 0.6 is 0 Å². The van der Waals surface area contributed by atoms with Crippen LogP contribution in [0.3, 0.4) is 0 Å². The summed E-state index contributed by atoms with van der Waals surface area (Å²) >= 11 is 0. The summed E-state index contributed by atoms with van der Waals surface area (Å²) in [5, 5.41) is 0. The summed E-state index contributed by atoms with van der Waals surface area (Å²) in [7, 11) is 0. The third-order valence-corrected chi connectivity index (χ3v) is 8.76. The van der Waals surface area contributed by atoms with Gasteiger partial charge in [-0.2, -0.15) is 0 Å². The Kier molecular flexibility index (Phi) is 11.2. The van der Waals surface area contributed by atoms with Crippen molar-refractivity contribution in [1.82, 2.24) is 14.7 Å². The minimum atomic E-state index is 0.262. The highest BCUT2D eigenvalue weighted by Crippen LogP contribution is 2.28. The van der Waals surface area contributed by atoms with Crippen molar-refractivity contribution in [3.8, 4) is 0 Å². The number of hydrogen-bond acceptors (Lipinski definition) is 4. The Morgan fingerprint density at radius 1 is 0.703 bits per heavy atom. The molecule has 0 aromatic heterocycles. The molecule has 0 saturated carbocycles. The lowest BCUT2D eigenvalue weighted by Crippen LogP contribution is -2.52. The molecular formula is C33H49N3O. The van der Waals surface area contributed by atoms with Crippen molar-refractivity contribution < 1.29 is 4.79 Å². The Labute approximate surface area is 226 Å². The highest BCUT2D eigenvalue weighted by molar-refractivity contribution is 5.82. The first kappa shape index (κ1) is 28.0. The molecule has 0 amide bonds. The smallest absolute Gasteiger partial charge is 0.138 e. The average molecular weight is 504 g/mol. The highest BCUT2D eigenvalue weighted by atomic mass is 16.1. The minimum absolute atomic E-state index is 0.262. The van der Waals surface area contributed by atoms with Crippen LogP contribution in [0.15, 0.2) is 60.7 Å². The van der Waals surface area contributed by atoms with Gasteiger partial charge in [0.25, 0.3) is 0 Å². The quantitative estimate of drug-likeness (QED) is 0.446. The van der Waals surface area contributed by atoms with Gasteiger partial charge < -0.3 is 4.90 Å². The summed E-state index contributed by atoms with van der Waals surface area (Å²) in [4.78, 5) is 19.5. The molecule has 3 saturated heterocycles. The Hall–Kier alpha value is -2.01. The fourth-order valence-electron chi connectivity index (χ4n) is 6.53. The predicted molar refractivity (Wildman–Crippen MR) is 154 cm³/mol. The summed E-state index contributed by atoms with van der Waals surface area (Å²) in [5.41, 5.74) is 2.80. The summed E-state index contributed by atoms with van der Waals surface area (Å²) in [6, 6.07) is 22.3. The fourth-order valence-corrected chi connectivity index (χ4v) is 6.53. The van der Waals surface area contributed by atoms with E-state index in [9.17, 15) is 4.79 Å². The number of carbonyl (C=O) groups excluding carboxylic acids is 1. The van der Waals surface area contributed by atoms with Crippen LogP contribution in [0.1, 0.15) is 69.9 Å². The van der Waals surface area contributed by atoms with E-state index in [1.54, 1.807) is 0 Å². The van der Waals surface area contributed by atoms with E-state index in [1.807, 2.05) is 6.07 Å². The second kappa shape index (κ2) is 14.8. The maximum absolute atomic E-state index is 11.6. The molecule has 3 fully saturated rings. The molecule has 202 valence electrons. The fraction of sp³-hybridized carbons (Fsp3) is 0.606. The number of Topliss-reactive ketones (excluding diaryl/α,β-unsaturated/α-hetero) is 1. The number of rotatable bonds is 7. The second-order valence-corrected chi connectivity index (χ2v) is 11.4. The molecule has 3 unspecified atom stereocenters. The zero-order valence-electron chi connectivity index (χ0n) is 23.4. The molecular weight excluding hydrogens is 454 g/mol. The Balaban J connectivity index is 0.000000180. The van der Waals surface area contributed by atoms with Crippen LogP contribution in [0.2, 0.25) is 0 Å². The molecule has 5 rings (SSSR count). The van der Waals surface area contributed by atoms with Crippen LogP contribution in [0.5, 0.6) is 0 Å². The SMILES string of the molecule is CCC1CN(Cc2ccccc2)CCC1=O.CCC1CN(Cc2ccccc2)CCC1N1CCCCC1. The highest BCUT2D eigenvalue weighted by Gasteiger charge is 2.32. The Morgan fingerprint density at radius 3 is 1.86 bits per heavy atom. The van der Waals surface area contributed by atoms with E-state index in [4.69, 9.17) is 0 Å². The molecule has 4 nitrogen and oxygen atoms in total. The molecule has 37 heavy (non-hydrogen) atoms. The molecule has 0 radical (unpaired) electrons. The maximum Gasteiger partial charge on any atom is 0.138 e. The van der Waals surface area contributed by atoms with Gasteiger partial charge in [-0.15, -0.1) is 0 Å². The zero-order valence-corrected chi connectivity index (χ0v) is 23.4. The normalized spacial score (nSPS) is 25.9. The van der Waals surface area contributed by atoms with Gasteiger partial charge >= 0.3 is 0 Å². The molecule has 2 aromatic carbocycles. The lowest BCUT2D eigenvalue weighted by atomic mass is 9.87. The summed E-state index contributed by atoms with van der Waals surface area (Å²) in [5.74, 6) is 1.57. The van der Waals surface area contributed by atoms with Crippen LogP contribution in [0.4, 0.5) is 0 Å². The van der Waals surface area contributed by atoms with Crippen molar-refractivity contribution in [2.24, 2.45) is 11.8 Å². The first-order valence-electron chi connectivity index (χ1n) is 15.0. The maximum atomic E-state index is 11.6. The van der Waals surface area contributed by atoms with Crippen molar-refractivity contribution >= 4 is 5.78 Å². The Bertz CT molecular complexity index is 912. The molecule has 3 aliphatic heterocycles. The summed E-state index contributed by atoms with van der Waals surface area (Å²) in [6.07, 6.45) is 8.68. The topological polar surface area (TPSA) is 26.8 Å². The van der Waals surface area contributed by atoms with Crippen LogP contribution in [0, 0.1) is 11.8 Å². The lowest BCUT2D eigenvalue weighted by molar-refractivity contribution is -0.126. The van der Waals surface area contributed by atoms with Gasteiger partial charge in [0.15, 0.2) is 0 Å². The van der Waals surface area contributed by atoms with Crippen LogP contribution in [0.25, 0.3) is 0 Å². The van der Waals surface area contributed by atoms with E-state index in [1.165, 1.54) is 69.4 Å². The molecule has 3 heterocycles. The van der Waals surface area contributed by atoms with Crippen LogP contribution in [-0.4, -0.2) is 65.8 Å². The zero-order chi connectivity index (χ0) is 25.9. The molecule has 0 bridgehead atoms. The van der Waals surface area contributed by atoms with Gasteiger partial charge in [0.05, 0.1) is 0 Å². The van der Waals surface area contributed by atoms with Gasteiger partial charge in [0.2, 0.25) is 0 Å². The number of nitrogens with zero attached hydrogens (tertiary/aromatic N) is 3. The molecule has 3 atom stereocenters. The first-order chi connectivity index (χ1) is 18.2. The van der Waals surface area contributed by atoms with Crippen molar-refractivity contribution in [2.45, 2.75) is 77.9 Å². The van der Waals surface area contributed by atoms with E-state index in [0.717, 1.165) is 51.0 Å². The lowest BCUT2D eigenvalue weighted by Gasteiger charge is -2.45. The molecule has 0 spiro atoms. The average Bonchev–Trinajstić information content (AvgIpc) is 2.96. The molecule has 0 aliphatic carbocycles. The second-order valence-electron chi connectivity index (χ2n) is 11.4. The molecule has 4 heteroatoms. The number of ketones is 1. The third kappa shape index (κ3) is 8.49. The van der Waals surface area contributed by atoms with Crippen molar-refractivity contribution in [2.75, 3.05) is 39.3 Å². The third-order valence-electron chi connectivity index (χ3n) is 8.76. The number of piperidine rings is 3. The summed E-state index contributed by atoms with van der Waals surface area (Å²) in [6.45, 7) is 13.7. The van der Waals surface area contributed by atoms with Crippen LogP contribution in [-0.2, 0) is 17.9 Å². The number of likely N-dealkylation sites (tertiary alicyclic amines) is 3. The van der Waals surface area contributed by atoms with Gasteiger partial charge in [-0.3, -0.25) is 14.6 Å². The minimum Gasteiger partial charge on any atom is -0.300 e. The van der Waals surface area contributed by atoms with Crippen molar-refractivity contribution in [3.05, 3.63) is 71.8 Å². The number of carbonyl (C=O) groups is 1. The van der Waals surface area contributed by atoms with Gasteiger partial charge in [-0.05, 0) is 62.4 Å². The molecule has 0 N–H and O–H groups in total. The largest absolute Gasteiger partial charge is 0.300 e. The van der Waals surface area contributed by atoms with Crippen molar-refractivity contribution in [3.63, 3.8) is 0 Å². The van der Waals surface area contributed by atoms with E-state index >= 15 is 0 Å². The number of benzene rings is 2. The monoisotopic (exact) mass is 503 g/mol. The predicted octanol–water partition coefficient (Wildman–Crippen LogP) is 6.26. The van der Waals surface area contributed by atoms with Gasteiger partial charge in [0, 0.05) is 51.1 Å². The van der Waals surface area contributed by atoms with E-state index in [0.29, 0.717) is 5.78 Å². The molecule has 2 aromatic rings. The van der Waals surface area contributed by atoms with Crippen molar-refractivity contribution in [1.29, 1.82) is 0 Å². The van der Waals surface area contributed by atoms with E-state index < -0.39 is 0 Å². The van der Waals surface area contributed by atoms with E-state index in [2.05, 4.69) is 83.1 Å². The van der Waals surface area contributed by atoms with Gasteiger partial charge in [-0.1, -0.05) is 87.4 Å². The Morgan fingerprint density at radius 2 is 1.30 bits per heavy atom. The first-order valence-corrected chi connectivity index (χ1v) is 15.0. The van der Waals surface area contributed by atoms with Gasteiger partial charge in [-0.25, -0.2) is 0 Å². The summed E-state index contributed by atoms with van der Waals surface area (Å²) < 4.78 is 0.